The van der Waals surface area contributed by atoms with Crippen LogP contribution in [0.3, 0.4) is 0 Å². The first-order chi connectivity index (χ1) is 9.38. The van der Waals surface area contributed by atoms with Crippen LogP contribution in [0.25, 0.3) is 0 Å². The number of nitrogens with two attached hydrogens (primary N) is 1. The molecule has 2 rings (SSSR count). The third-order valence-corrected chi connectivity index (χ3v) is 3.73. The van der Waals surface area contributed by atoms with Gasteiger partial charge in [0.15, 0.2) is 5.82 Å². The number of aromatic nitrogens is 2. The van der Waals surface area contributed by atoms with Gasteiger partial charge in [-0.1, -0.05) is 0 Å². The maximum absolute atomic E-state index is 9.37. The highest BCUT2D eigenvalue weighted by Gasteiger charge is 2.28. The fraction of sp³-hybridized carbons (Fsp3) is 0.714. The molecule has 0 aromatic carbocycles. The van der Waals surface area contributed by atoms with Gasteiger partial charge in [0, 0.05) is 19.7 Å². The van der Waals surface area contributed by atoms with Gasteiger partial charge in [0.2, 0.25) is 0 Å². The molecule has 1 aromatic heterocycles. The Hall–Kier alpha value is -1.74. The first-order valence-electron chi connectivity index (χ1n) is 7.03. The van der Waals surface area contributed by atoms with Crippen LogP contribution in [-0.4, -0.2) is 34.6 Å². The molecule has 110 valence electrons. The van der Waals surface area contributed by atoms with Gasteiger partial charge in [-0.3, -0.25) is 0 Å². The van der Waals surface area contributed by atoms with E-state index in [1.807, 2.05) is 20.8 Å². The van der Waals surface area contributed by atoms with Crippen LogP contribution in [0.1, 0.15) is 39.2 Å². The molecule has 1 unspecified atom stereocenters. The molecular weight excluding hydrogens is 254 g/mol. The van der Waals surface area contributed by atoms with Crippen molar-refractivity contribution >= 4 is 11.6 Å². The molecule has 1 atom stereocenters. The van der Waals surface area contributed by atoms with E-state index in [4.69, 9.17) is 5.73 Å². The maximum atomic E-state index is 9.37. The van der Waals surface area contributed by atoms with E-state index in [0.717, 1.165) is 25.9 Å². The quantitative estimate of drug-likeness (QED) is 0.850. The Morgan fingerprint density at radius 3 is 2.75 bits per heavy atom. The van der Waals surface area contributed by atoms with Gasteiger partial charge in [0.05, 0.1) is 5.54 Å². The fourth-order valence-electron chi connectivity index (χ4n) is 2.67. The van der Waals surface area contributed by atoms with E-state index in [0.29, 0.717) is 17.2 Å². The predicted molar refractivity (Wildman–Crippen MR) is 78.4 cm³/mol. The van der Waals surface area contributed by atoms with Crippen molar-refractivity contribution in [2.45, 2.75) is 39.2 Å². The maximum Gasteiger partial charge on any atom is 0.170 e. The first kappa shape index (κ1) is 14.7. The van der Waals surface area contributed by atoms with Gasteiger partial charge >= 0.3 is 0 Å². The molecule has 0 amide bonds. The number of nitrogen functional groups attached to an aromatic ring is 1. The van der Waals surface area contributed by atoms with Crippen LogP contribution in [0.2, 0.25) is 0 Å². The summed E-state index contributed by atoms with van der Waals surface area (Å²) in [6, 6.07) is 2.17. The lowest BCUT2D eigenvalue weighted by molar-refractivity contribution is 0.208. The highest BCUT2D eigenvalue weighted by atomic mass is 16.3. The zero-order valence-corrected chi connectivity index (χ0v) is 12.4. The SMILES string of the molecule is CC(C)(C)n1nc(N2CCCC(CO)C2)c(C#N)c1N. The van der Waals surface area contributed by atoms with Crippen LogP contribution >= 0.6 is 0 Å². The van der Waals surface area contributed by atoms with Crippen LogP contribution in [0, 0.1) is 17.2 Å². The second-order valence-corrected chi connectivity index (χ2v) is 6.42. The lowest BCUT2D eigenvalue weighted by atomic mass is 9.99. The first-order valence-corrected chi connectivity index (χ1v) is 7.03. The normalized spacial score (nSPS) is 19.9. The van der Waals surface area contributed by atoms with Crippen molar-refractivity contribution in [1.82, 2.24) is 9.78 Å². The van der Waals surface area contributed by atoms with Crippen molar-refractivity contribution in [3.05, 3.63) is 5.56 Å². The van der Waals surface area contributed by atoms with Crippen molar-refractivity contribution in [2.24, 2.45) is 5.92 Å². The van der Waals surface area contributed by atoms with Crippen LogP contribution in [0.15, 0.2) is 0 Å². The van der Waals surface area contributed by atoms with Gasteiger partial charge in [0.1, 0.15) is 17.5 Å². The molecule has 1 aromatic rings. The molecule has 1 aliphatic rings. The molecule has 0 aliphatic carbocycles. The average molecular weight is 277 g/mol. The number of aliphatic hydroxyl groups excluding tert-OH is 1. The summed E-state index contributed by atoms with van der Waals surface area (Å²) in [6.07, 6.45) is 2.02. The second kappa shape index (κ2) is 5.33. The Labute approximate surface area is 119 Å². The van der Waals surface area contributed by atoms with Gasteiger partial charge in [0.25, 0.3) is 0 Å². The molecule has 0 saturated carbocycles. The van der Waals surface area contributed by atoms with E-state index < -0.39 is 0 Å². The van der Waals surface area contributed by atoms with Crippen LogP contribution < -0.4 is 10.6 Å². The van der Waals surface area contributed by atoms with Crippen LogP contribution in [0.4, 0.5) is 11.6 Å². The van der Waals surface area contributed by atoms with Gasteiger partial charge in [-0.15, -0.1) is 0 Å². The zero-order valence-electron chi connectivity index (χ0n) is 12.4. The summed E-state index contributed by atoms with van der Waals surface area (Å²) in [4.78, 5) is 2.07. The number of anilines is 2. The topological polar surface area (TPSA) is 91.1 Å². The summed E-state index contributed by atoms with van der Waals surface area (Å²) >= 11 is 0. The molecule has 20 heavy (non-hydrogen) atoms. The Balaban J connectivity index is 2.39. The number of hydrogen-bond donors (Lipinski definition) is 2. The minimum atomic E-state index is -0.264. The summed E-state index contributed by atoms with van der Waals surface area (Å²) in [5, 5.41) is 23.3. The second-order valence-electron chi connectivity index (χ2n) is 6.42. The zero-order chi connectivity index (χ0) is 14.9. The van der Waals surface area contributed by atoms with E-state index in [1.54, 1.807) is 4.68 Å². The minimum Gasteiger partial charge on any atom is -0.396 e. The predicted octanol–water partition coefficient (Wildman–Crippen LogP) is 1.30. The third-order valence-electron chi connectivity index (χ3n) is 3.73. The summed E-state index contributed by atoms with van der Waals surface area (Å²) in [7, 11) is 0. The molecule has 6 nitrogen and oxygen atoms in total. The van der Waals surface area contributed by atoms with Gasteiger partial charge in [-0.25, -0.2) is 4.68 Å². The highest BCUT2D eigenvalue weighted by Crippen LogP contribution is 2.31. The van der Waals surface area contributed by atoms with E-state index in [-0.39, 0.29) is 18.1 Å². The van der Waals surface area contributed by atoms with Gasteiger partial charge in [-0.2, -0.15) is 10.4 Å². The lowest BCUT2D eigenvalue weighted by Gasteiger charge is -2.32. The number of nitriles is 1. The summed E-state index contributed by atoms with van der Waals surface area (Å²) in [6.45, 7) is 7.78. The summed E-state index contributed by atoms with van der Waals surface area (Å²) in [5.74, 6) is 1.32. The molecule has 1 aliphatic heterocycles. The van der Waals surface area contributed by atoms with Crippen molar-refractivity contribution in [2.75, 3.05) is 30.3 Å². The van der Waals surface area contributed by atoms with Crippen LogP contribution in [0.5, 0.6) is 0 Å². The van der Waals surface area contributed by atoms with E-state index in [9.17, 15) is 10.4 Å². The largest absolute Gasteiger partial charge is 0.396 e. The molecular formula is C14H23N5O. The summed E-state index contributed by atoms with van der Waals surface area (Å²) in [5.41, 5.74) is 6.26. The van der Waals surface area contributed by atoms with Crippen molar-refractivity contribution in [3.63, 3.8) is 0 Å². The standard InChI is InChI=1S/C14H23N5O/c1-14(2,3)19-12(16)11(7-15)13(17-19)18-6-4-5-10(8-18)9-20/h10,20H,4-6,8-9,16H2,1-3H3. The van der Waals surface area contributed by atoms with Crippen molar-refractivity contribution in [3.8, 4) is 6.07 Å². The number of aliphatic hydroxyl groups is 1. The molecule has 6 heteroatoms. The minimum absolute atomic E-state index is 0.174. The molecule has 3 N–H and O–H groups in total. The highest BCUT2D eigenvalue weighted by molar-refractivity contribution is 5.65. The Kier molecular flexibility index (Phi) is 3.91. The lowest BCUT2D eigenvalue weighted by Crippen LogP contribution is -2.37. The van der Waals surface area contributed by atoms with Gasteiger partial charge in [-0.05, 0) is 39.5 Å². The number of nitrogens with zero attached hydrogens (tertiary/aromatic N) is 4. The van der Waals surface area contributed by atoms with Crippen molar-refractivity contribution in [1.29, 1.82) is 5.26 Å². The Morgan fingerprint density at radius 2 is 2.20 bits per heavy atom. The fourth-order valence-corrected chi connectivity index (χ4v) is 2.67. The molecule has 2 heterocycles. The monoisotopic (exact) mass is 277 g/mol. The van der Waals surface area contributed by atoms with Gasteiger partial charge < -0.3 is 15.7 Å². The molecule has 1 saturated heterocycles. The summed E-state index contributed by atoms with van der Waals surface area (Å²) < 4.78 is 1.71. The molecule has 0 spiro atoms. The van der Waals surface area contributed by atoms with E-state index in [1.165, 1.54) is 0 Å². The number of piperidine rings is 1. The third kappa shape index (κ3) is 2.59. The Bertz CT molecular complexity index is 523. The van der Waals surface area contributed by atoms with Crippen molar-refractivity contribution < 1.29 is 5.11 Å². The Morgan fingerprint density at radius 1 is 1.50 bits per heavy atom. The molecule has 0 radical (unpaired) electrons. The van der Waals surface area contributed by atoms with E-state index in [2.05, 4.69) is 16.1 Å². The number of rotatable bonds is 2. The number of hydrogen-bond acceptors (Lipinski definition) is 5. The molecule has 0 bridgehead atoms. The molecule has 1 fully saturated rings. The average Bonchev–Trinajstić information content (AvgIpc) is 2.75. The smallest absolute Gasteiger partial charge is 0.170 e. The van der Waals surface area contributed by atoms with Crippen LogP contribution in [-0.2, 0) is 5.54 Å². The van der Waals surface area contributed by atoms with E-state index >= 15 is 0 Å².